The molecule has 0 radical (unpaired) electrons. The summed E-state index contributed by atoms with van der Waals surface area (Å²) in [7, 11) is 1.64. The number of ether oxygens (including phenoxy) is 1. The highest BCUT2D eigenvalue weighted by Gasteiger charge is 2.15. The van der Waals surface area contributed by atoms with Crippen molar-refractivity contribution in [1.29, 1.82) is 0 Å². The molecule has 3 N–H and O–H groups in total. The number of hydrazine groups is 1. The van der Waals surface area contributed by atoms with Crippen molar-refractivity contribution in [1.82, 2.24) is 10.4 Å². The summed E-state index contributed by atoms with van der Waals surface area (Å²) in [5.41, 5.74) is 6.48. The van der Waals surface area contributed by atoms with E-state index < -0.39 is 0 Å². The Morgan fingerprint density at radius 1 is 1.56 bits per heavy atom. The van der Waals surface area contributed by atoms with Gasteiger partial charge in [-0.1, -0.05) is 11.6 Å². The quantitative estimate of drug-likeness (QED) is 0.654. The molecule has 2 rings (SSSR count). The molecule has 1 aromatic heterocycles. The molecule has 1 atom stereocenters. The van der Waals surface area contributed by atoms with Gasteiger partial charge in [-0.05, 0) is 30.2 Å². The van der Waals surface area contributed by atoms with Gasteiger partial charge in [0.05, 0.1) is 24.4 Å². The number of methoxy groups -OCH3 is 1. The maximum Gasteiger partial charge on any atom is 0.122 e. The molecular formula is C12H14ClN3OS. The van der Waals surface area contributed by atoms with Crippen LogP contribution in [0.25, 0.3) is 0 Å². The Morgan fingerprint density at radius 3 is 3.00 bits per heavy atom. The summed E-state index contributed by atoms with van der Waals surface area (Å²) in [6.45, 7) is 0. The molecule has 4 nitrogen and oxygen atoms in total. The molecule has 0 spiro atoms. The first-order valence-electron chi connectivity index (χ1n) is 5.41. The van der Waals surface area contributed by atoms with E-state index in [1.54, 1.807) is 30.0 Å². The van der Waals surface area contributed by atoms with Gasteiger partial charge in [-0.15, -0.1) is 11.3 Å². The Hall–Kier alpha value is -1.14. The van der Waals surface area contributed by atoms with E-state index in [0.717, 1.165) is 17.0 Å². The van der Waals surface area contributed by atoms with Gasteiger partial charge >= 0.3 is 0 Å². The Bertz CT molecular complexity index is 504. The van der Waals surface area contributed by atoms with Crippen LogP contribution >= 0.6 is 22.9 Å². The standard InChI is InChI=1S/C12H14ClN3OS/c1-17-12-3-2-9(13)4-8(12)5-10(16-14)11-6-18-7-15-11/h2-4,6-7,10,16H,5,14H2,1H3. The fourth-order valence-corrected chi connectivity index (χ4v) is 2.57. The highest BCUT2D eigenvalue weighted by atomic mass is 35.5. The lowest BCUT2D eigenvalue weighted by Crippen LogP contribution is -2.29. The fourth-order valence-electron chi connectivity index (χ4n) is 1.77. The normalized spacial score (nSPS) is 12.4. The highest BCUT2D eigenvalue weighted by molar-refractivity contribution is 7.07. The van der Waals surface area contributed by atoms with Gasteiger partial charge in [-0.2, -0.15) is 0 Å². The number of aromatic nitrogens is 1. The Balaban J connectivity index is 2.24. The third-order valence-electron chi connectivity index (χ3n) is 2.68. The summed E-state index contributed by atoms with van der Waals surface area (Å²) in [5.74, 6) is 6.38. The van der Waals surface area contributed by atoms with Crippen LogP contribution in [-0.4, -0.2) is 12.1 Å². The van der Waals surface area contributed by atoms with Crippen LogP contribution in [0, 0.1) is 0 Å². The number of benzene rings is 1. The first-order chi connectivity index (χ1) is 8.74. The average molecular weight is 284 g/mol. The lowest BCUT2D eigenvalue weighted by Gasteiger charge is -2.16. The largest absolute Gasteiger partial charge is 0.496 e. The summed E-state index contributed by atoms with van der Waals surface area (Å²) >= 11 is 7.55. The predicted octanol–water partition coefficient (Wildman–Crippen LogP) is 2.55. The lowest BCUT2D eigenvalue weighted by atomic mass is 10.0. The molecule has 18 heavy (non-hydrogen) atoms. The molecule has 6 heteroatoms. The van der Waals surface area contributed by atoms with E-state index in [9.17, 15) is 0 Å². The van der Waals surface area contributed by atoms with Gasteiger partial charge in [0, 0.05) is 10.4 Å². The van der Waals surface area contributed by atoms with Crippen molar-refractivity contribution in [2.75, 3.05) is 7.11 Å². The Morgan fingerprint density at radius 2 is 2.39 bits per heavy atom. The molecule has 0 fully saturated rings. The van der Waals surface area contributed by atoms with Crippen molar-refractivity contribution in [3.63, 3.8) is 0 Å². The minimum atomic E-state index is -0.0522. The molecule has 1 aromatic carbocycles. The molecule has 0 bridgehead atoms. The molecule has 0 aliphatic heterocycles. The zero-order valence-electron chi connectivity index (χ0n) is 9.89. The van der Waals surface area contributed by atoms with E-state index in [-0.39, 0.29) is 6.04 Å². The number of thiazole rings is 1. The van der Waals surface area contributed by atoms with Crippen LogP contribution in [-0.2, 0) is 6.42 Å². The van der Waals surface area contributed by atoms with Gasteiger partial charge in [-0.3, -0.25) is 11.3 Å². The van der Waals surface area contributed by atoms with Crippen LogP contribution in [0.5, 0.6) is 5.75 Å². The van der Waals surface area contributed by atoms with Crippen LogP contribution in [0.3, 0.4) is 0 Å². The molecule has 0 saturated heterocycles. The average Bonchev–Trinajstić information content (AvgIpc) is 2.90. The maximum absolute atomic E-state index is 6.00. The van der Waals surface area contributed by atoms with Gasteiger partial charge in [0.1, 0.15) is 5.75 Å². The molecule has 1 heterocycles. The van der Waals surface area contributed by atoms with Gasteiger partial charge in [0.15, 0.2) is 0 Å². The molecule has 0 aliphatic carbocycles. The molecule has 0 saturated carbocycles. The van der Waals surface area contributed by atoms with Crippen LogP contribution in [0.1, 0.15) is 17.3 Å². The van der Waals surface area contributed by atoms with Crippen LogP contribution < -0.4 is 16.0 Å². The summed E-state index contributed by atoms with van der Waals surface area (Å²) < 4.78 is 5.32. The first-order valence-corrected chi connectivity index (χ1v) is 6.73. The Kier molecular flexibility index (Phi) is 4.54. The van der Waals surface area contributed by atoms with Crippen molar-refractivity contribution >= 4 is 22.9 Å². The van der Waals surface area contributed by atoms with Crippen molar-refractivity contribution in [2.24, 2.45) is 5.84 Å². The lowest BCUT2D eigenvalue weighted by molar-refractivity contribution is 0.405. The first kappa shape index (κ1) is 13.3. The molecule has 0 amide bonds. The second-order valence-electron chi connectivity index (χ2n) is 3.79. The topological polar surface area (TPSA) is 60.2 Å². The SMILES string of the molecule is COc1ccc(Cl)cc1CC(NN)c1cscn1. The van der Waals surface area contributed by atoms with E-state index in [1.807, 2.05) is 17.5 Å². The van der Waals surface area contributed by atoms with Crippen LogP contribution in [0.4, 0.5) is 0 Å². The zero-order valence-corrected chi connectivity index (χ0v) is 11.5. The third kappa shape index (κ3) is 3.00. The smallest absolute Gasteiger partial charge is 0.122 e. The van der Waals surface area contributed by atoms with Gasteiger partial charge in [0.2, 0.25) is 0 Å². The van der Waals surface area contributed by atoms with E-state index in [2.05, 4.69) is 10.4 Å². The predicted molar refractivity (Wildman–Crippen MR) is 73.9 cm³/mol. The maximum atomic E-state index is 6.00. The molecule has 2 aromatic rings. The van der Waals surface area contributed by atoms with Crippen molar-refractivity contribution in [3.05, 3.63) is 45.4 Å². The van der Waals surface area contributed by atoms with E-state index in [4.69, 9.17) is 22.2 Å². The number of hydrogen-bond acceptors (Lipinski definition) is 5. The number of rotatable bonds is 5. The van der Waals surface area contributed by atoms with Gasteiger partial charge in [0.25, 0.3) is 0 Å². The molecule has 0 aliphatic rings. The highest BCUT2D eigenvalue weighted by Crippen LogP contribution is 2.27. The second-order valence-corrected chi connectivity index (χ2v) is 4.95. The summed E-state index contributed by atoms with van der Waals surface area (Å²) in [4.78, 5) is 4.26. The van der Waals surface area contributed by atoms with Gasteiger partial charge < -0.3 is 4.74 Å². The van der Waals surface area contributed by atoms with E-state index >= 15 is 0 Å². The third-order valence-corrected chi connectivity index (χ3v) is 3.52. The molecular weight excluding hydrogens is 270 g/mol. The van der Waals surface area contributed by atoms with Crippen LogP contribution in [0.2, 0.25) is 5.02 Å². The summed E-state index contributed by atoms with van der Waals surface area (Å²) in [6.07, 6.45) is 0.671. The molecule has 1 unspecified atom stereocenters. The minimum absolute atomic E-state index is 0.0522. The number of nitrogens with zero attached hydrogens (tertiary/aromatic N) is 1. The monoisotopic (exact) mass is 283 g/mol. The number of nitrogens with two attached hydrogens (primary N) is 1. The second kappa shape index (κ2) is 6.15. The number of hydrogen-bond donors (Lipinski definition) is 2. The fraction of sp³-hybridized carbons (Fsp3) is 0.250. The Labute approximate surface area is 115 Å². The molecule has 96 valence electrons. The summed E-state index contributed by atoms with van der Waals surface area (Å²) in [6, 6.07) is 5.49. The number of nitrogens with one attached hydrogen (secondary N) is 1. The summed E-state index contributed by atoms with van der Waals surface area (Å²) in [5, 5.41) is 2.65. The van der Waals surface area contributed by atoms with Crippen molar-refractivity contribution in [3.8, 4) is 5.75 Å². The van der Waals surface area contributed by atoms with Crippen molar-refractivity contribution in [2.45, 2.75) is 12.5 Å². The zero-order chi connectivity index (χ0) is 13.0. The minimum Gasteiger partial charge on any atom is -0.496 e. The van der Waals surface area contributed by atoms with Crippen LogP contribution in [0.15, 0.2) is 29.1 Å². The van der Waals surface area contributed by atoms with Gasteiger partial charge in [-0.25, -0.2) is 4.98 Å². The van der Waals surface area contributed by atoms with E-state index in [1.165, 1.54) is 0 Å². The van der Waals surface area contributed by atoms with Crippen molar-refractivity contribution < 1.29 is 4.74 Å². The number of halogens is 1. The van der Waals surface area contributed by atoms with E-state index in [0.29, 0.717) is 11.4 Å².